The van der Waals surface area contributed by atoms with Gasteiger partial charge in [-0.05, 0) is 37.3 Å². The minimum atomic E-state index is -0.395. The van der Waals surface area contributed by atoms with Crippen molar-refractivity contribution < 1.29 is 23.8 Å². The van der Waals surface area contributed by atoms with E-state index in [2.05, 4.69) is 5.32 Å². The van der Waals surface area contributed by atoms with Gasteiger partial charge < -0.3 is 24.5 Å². The van der Waals surface area contributed by atoms with E-state index in [0.29, 0.717) is 29.2 Å². The van der Waals surface area contributed by atoms with Crippen LogP contribution in [0.3, 0.4) is 0 Å². The van der Waals surface area contributed by atoms with E-state index in [1.54, 1.807) is 60.7 Å². The molecule has 2 amide bonds. The molecule has 0 fully saturated rings. The monoisotopic (exact) mass is 408 g/mol. The molecule has 156 valence electrons. The molecule has 3 rings (SSSR count). The summed E-state index contributed by atoms with van der Waals surface area (Å²) in [6.45, 7) is 2.46. The second-order valence-corrected chi connectivity index (χ2v) is 6.57. The fourth-order valence-corrected chi connectivity index (χ4v) is 2.97. The Hall–Kier alpha value is -3.74. The number of hydrogen-bond acceptors (Lipinski definition) is 5. The van der Waals surface area contributed by atoms with Crippen LogP contribution in [0.5, 0.6) is 11.5 Å². The molecular weight excluding hydrogens is 384 g/mol. The second-order valence-electron chi connectivity index (χ2n) is 6.57. The fourth-order valence-electron chi connectivity index (χ4n) is 2.97. The van der Waals surface area contributed by atoms with Crippen LogP contribution in [0.4, 0.5) is 0 Å². The van der Waals surface area contributed by atoms with Gasteiger partial charge >= 0.3 is 0 Å². The predicted molar refractivity (Wildman–Crippen MR) is 111 cm³/mol. The maximum Gasteiger partial charge on any atom is 0.255 e. The van der Waals surface area contributed by atoms with Crippen molar-refractivity contribution >= 4 is 11.8 Å². The van der Waals surface area contributed by atoms with Crippen LogP contribution in [0.1, 0.15) is 28.6 Å². The summed E-state index contributed by atoms with van der Waals surface area (Å²) in [7, 11) is 0. The molecule has 0 saturated carbocycles. The van der Waals surface area contributed by atoms with Crippen molar-refractivity contribution in [3.63, 3.8) is 0 Å². The molecular formula is C23H24N2O5. The Morgan fingerprint density at radius 2 is 1.80 bits per heavy atom. The van der Waals surface area contributed by atoms with Crippen LogP contribution in [0.15, 0.2) is 71.3 Å². The molecule has 2 N–H and O–H groups in total. The molecule has 0 radical (unpaired) electrons. The summed E-state index contributed by atoms with van der Waals surface area (Å²) in [5.41, 5.74) is 0.968. The quantitative estimate of drug-likeness (QED) is 0.567. The number of carbonyl (C=O) groups is 2. The first-order chi connectivity index (χ1) is 14.6. The molecule has 1 aromatic heterocycles. The van der Waals surface area contributed by atoms with Gasteiger partial charge in [-0.15, -0.1) is 0 Å². The topological polar surface area (TPSA) is 92.0 Å². The summed E-state index contributed by atoms with van der Waals surface area (Å²) in [5, 5.41) is 12.7. The van der Waals surface area contributed by atoms with Crippen molar-refractivity contribution in [2.45, 2.75) is 20.0 Å². The summed E-state index contributed by atoms with van der Waals surface area (Å²) in [6, 6.07) is 17.2. The zero-order valence-corrected chi connectivity index (χ0v) is 16.7. The molecule has 0 bridgehead atoms. The van der Waals surface area contributed by atoms with Crippen molar-refractivity contribution in [3.8, 4) is 11.5 Å². The van der Waals surface area contributed by atoms with Gasteiger partial charge in [0.25, 0.3) is 5.91 Å². The van der Waals surface area contributed by atoms with Crippen LogP contribution < -0.4 is 10.1 Å². The number of phenolic OH excluding ortho intramolecular Hbond substituents is 1. The Labute approximate surface area is 174 Å². The van der Waals surface area contributed by atoms with Crippen molar-refractivity contribution in [2.24, 2.45) is 0 Å². The first-order valence-electron chi connectivity index (χ1n) is 9.65. The number of para-hydroxylation sites is 2. The van der Waals surface area contributed by atoms with Crippen LogP contribution in [0.25, 0.3) is 0 Å². The van der Waals surface area contributed by atoms with E-state index in [4.69, 9.17) is 9.15 Å². The van der Waals surface area contributed by atoms with Crippen LogP contribution in [-0.4, -0.2) is 35.0 Å². The minimum Gasteiger partial charge on any atom is -0.508 e. The maximum atomic E-state index is 12.9. The lowest BCUT2D eigenvalue weighted by molar-refractivity contribution is -0.131. The molecule has 7 nitrogen and oxygen atoms in total. The van der Waals surface area contributed by atoms with Crippen molar-refractivity contribution in [3.05, 3.63) is 83.8 Å². The van der Waals surface area contributed by atoms with E-state index in [0.717, 1.165) is 0 Å². The highest BCUT2D eigenvalue weighted by Crippen LogP contribution is 2.20. The summed E-state index contributed by atoms with van der Waals surface area (Å²) in [4.78, 5) is 27.0. The van der Waals surface area contributed by atoms with Crippen molar-refractivity contribution in [1.29, 1.82) is 0 Å². The molecule has 2 aromatic carbocycles. The Balaban J connectivity index is 1.70. The highest BCUT2D eigenvalue weighted by molar-refractivity contribution is 5.98. The van der Waals surface area contributed by atoms with Crippen LogP contribution in [0.2, 0.25) is 0 Å². The van der Waals surface area contributed by atoms with E-state index >= 15 is 0 Å². The summed E-state index contributed by atoms with van der Waals surface area (Å²) >= 11 is 0. The Bertz CT molecular complexity index is 985. The lowest BCUT2D eigenvalue weighted by Gasteiger charge is -2.22. The van der Waals surface area contributed by atoms with Crippen LogP contribution in [0, 0.1) is 0 Å². The fraction of sp³-hybridized carbons (Fsp3) is 0.217. The number of nitrogens with one attached hydrogen (secondary N) is 1. The Kier molecular flexibility index (Phi) is 7.10. The van der Waals surface area contributed by atoms with E-state index in [9.17, 15) is 14.7 Å². The third-order valence-corrected chi connectivity index (χ3v) is 4.46. The lowest BCUT2D eigenvalue weighted by Crippen LogP contribution is -2.39. The largest absolute Gasteiger partial charge is 0.508 e. The molecule has 0 saturated heterocycles. The molecule has 1 heterocycles. The van der Waals surface area contributed by atoms with E-state index in [1.165, 1.54) is 11.2 Å². The molecule has 7 heteroatoms. The minimum absolute atomic E-state index is 0.101. The zero-order valence-electron chi connectivity index (χ0n) is 16.7. The van der Waals surface area contributed by atoms with Gasteiger partial charge in [0, 0.05) is 12.1 Å². The maximum absolute atomic E-state index is 12.9. The van der Waals surface area contributed by atoms with Crippen LogP contribution in [-0.2, 0) is 17.9 Å². The van der Waals surface area contributed by atoms with Gasteiger partial charge in [0.05, 0.1) is 31.5 Å². The molecule has 0 aliphatic carbocycles. The highest BCUT2D eigenvalue weighted by Gasteiger charge is 2.19. The third kappa shape index (κ3) is 5.41. The molecule has 3 aromatic rings. The molecule has 0 spiro atoms. The SMILES string of the molecule is CCOc1ccccc1C(=O)NCC(=O)N(Cc1ccco1)Cc1ccccc1O. The average molecular weight is 408 g/mol. The summed E-state index contributed by atoms with van der Waals surface area (Å²) in [5.74, 6) is 0.465. The number of ether oxygens (including phenoxy) is 1. The number of nitrogens with zero attached hydrogens (tertiary/aromatic N) is 1. The van der Waals surface area contributed by atoms with Crippen molar-refractivity contribution in [2.75, 3.05) is 13.2 Å². The summed E-state index contributed by atoms with van der Waals surface area (Å²) in [6.07, 6.45) is 1.53. The van der Waals surface area contributed by atoms with Gasteiger partial charge in [0.2, 0.25) is 5.91 Å². The number of furan rings is 1. The Morgan fingerprint density at radius 3 is 2.53 bits per heavy atom. The zero-order chi connectivity index (χ0) is 21.3. The van der Waals surface area contributed by atoms with Gasteiger partial charge in [-0.3, -0.25) is 9.59 Å². The second kappa shape index (κ2) is 10.2. The van der Waals surface area contributed by atoms with Gasteiger partial charge in [-0.25, -0.2) is 0 Å². The predicted octanol–water partition coefficient (Wildman–Crippen LogP) is 3.34. The first kappa shape index (κ1) is 21.0. The smallest absolute Gasteiger partial charge is 0.255 e. The number of benzene rings is 2. The molecule has 0 atom stereocenters. The number of hydrogen-bond donors (Lipinski definition) is 2. The highest BCUT2D eigenvalue weighted by atomic mass is 16.5. The van der Waals surface area contributed by atoms with Crippen LogP contribution >= 0.6 is 0 Å². The van der Waals surface area contributed by atoms with Gasteiger partial charge in [-0.1, -0.05) is 30.3 Å². The number of rotatable bonds is 9. The van der Waals surface area contributed by atoms with E-state index in [1.807, 2.05) is 6.92 Å². The van der Waals surface area contributed by atoms with E-state index in [-0.39, 0.29) is 31.3 Å². The van der Waals surface area contributed by atoms with Gasteiger partial charge in [0.15, 0.2) is 0 Å². The normalized spacial score (nSPS) is 10.4. The van der Waals surface area contributed by atoms with Gasteiger partial charge in [0.1, 0.15) is 17.3 Å². The number of phenols is 1. The van der Waals surface area contributed by atoms with Gasteiger partial charge in [-0.2, -0.15) is 0 Å². The number of carbonyl (C=O) groups excluding carboxylic acids is 2. The van der Waals surface area contributed by atoms with E-state index < -0.39 is 5.91 Å². The van der Waals surface area contributed by atoms with Crippen molar-refractivity contribution in [1.82, 2.24) is 10.2 Å². The summed E-state index contributed by atoms with van der Waals surface area (Å²) < 4.78 is 10.8. The first-order valence-corrected chi connectivity index (χ1v) is 9.65. The molecule has 0 aliphatic rings. The molecule has 0 aliphatic heterocycles. The number of aromatic hydroxyl groups is 1. The average Bonchev–Trinajstić information content (AvgIpc) is 3.26. The number of amides is 2. The molecule has 30 heavy (non-hydrogen) atoms. The standard InChI is InChI=1S/C23H24N2O5/c1-2-29-21-12-6-4-10-19(21)23(28)24-14-22(27)25(16-18-9-7-13-30-18)15-17-8-3-5-11-20(17)26/h3-13,26H,2,14-16H2,1H3,(H,24,28). The lowest BCUT2D eigenvalue weighted by atomic mass is 10.1. The Morgan fingerprint density at radius 1 is 1.03 bits per heavy atom. The molecule has 0 unspecified atom stereocenters. The third-order valence-electron chi connectivity index (χ3n) is 4.46.